The summed E-state index contributed by atoms with van der Waals surface area (Å²) in [6, 6.07) is 14.2. The van der Waals surface area contributed by atoms with Gasteiger partial charge in [-0.1, -0.05) is 30.7 Å². The van der Waals surface area contributed by atoms with Gasteiger partial charge in [-0.25, -0.2) is 0 Å². The third kappa shape index (κ3) is 5.85. The second-order valence-corrected chi connectivity index (χ2v) is 10.8. The maximum atomic E-state index is 11.4. The van der Waals surface area contributed by atoms with Crippen LogP contribution in [-0.2, 0) is 16.0 Å². The molecule has 9 heteroatoms. The van der Waals surface area contributed by atoms with E-state index in [1.54, 1.807) is 14.2 Å². The quantitative estimate of drug-likeness (QED) is 0.303. The fourth-order valence-corrected chi connectivity index (χ4v) is 6.04. The van der Waals surface area contributed by atoms with Crippen LogP contribution in [-0.4, -0.2) is 53.6 Å². The molecule has 3 atom stereocenters. The first-order valence-electron chi connectivity index (χ1n) is 13.9. The zero-order chi connectivity index (χ0) is 29.1. The predicted molar refractivity (Wildman–Crippen MR) is 160 cm³/mol. The number of rotatable bonds is 9. The van der Waals surface area contributed by atoms with Crippen molar-refractivity contribution in [1.82, 2.24) is 9.47 Å². The molecule has 2 aliphatic rings. The first-order valence-corrected chi connectivity index (χ1v) is 14.3. The summed E-state index contributed by atoms with van der Waals surface area (Å²) < 4.78 is 20.8. The van der Waals surface area contributed by atoms with Crippen molar-refractivity contribution in [1.29, 1.82) is 0 Å². The number of aryl methyl sites for hydroxylation is 1. The summed E-state index contributed by atoms with van der Waals surface area (Å²) in [4.78, 5) is 17.9. The van der Waals surface area contributed by atoms with Crippen molar-refractivity contribution in [2.45, 2.75) is 57.8 Å². The van der Waals surface area contributed by atoms with Crippen LogP contribution in [0.15, 0.2) is 65.6 Å². The average molecular weight is 578 g/mol. The van der Waals surface area contributed by atoms with Gasteiger partial charge in [0, 0.05) is 53.8 Å². The molecule has 1 N–H and O–H groups in total. The highest BCUT2D eigenvalue weighted by Crippen LogP contribution is 2.47. The molecule has 0 saturated carbocycles. The number of nitrogens with zero attached hydrogens (tertiary/aromatic N) is 3. The standard InChI is InChI=1S/C32H36ClN3O5/c1-5-21-16-22(33)17-25-30(21)36-14-7-9-26(36)27(41-31(25)24-8-6-10-28(39-3)32(24)40-4)12-15-35-19-23(18-29(37)38)34-13-11-20(35)2/h6-10,13-14,16-17,19-20,27,31H,5,11-12,15,18H2,1-4H3,(H,37,38)/t20?,27-,31-/m1/s1. The van der Waals surface area contributed by atoms with Crippen LogP contribution >= 0.6 is 11.6 Å². The number of fused-ring (bicyclic) bond motifs is 3. The van der Waals surface area contributed by atoms with Crippen LogP contribution in [0.3, 0.4) is 0 Å². The molecule has 0 saturated heterocycles. The Bertz CT molecular complexity index is 1480. The molecule has 0 aliphatic carbocycles. The van der Waals surface area contributed by atoms with E-state index in [1.807, 2.05) is 48.8 Å². The fourth-order valence-electron chi connectivity index (χ4n) is 5.79. The molecule has 0 spiro atoms. The normalized spacial score (nSPS) is 20.0. The Morgan fingerprint density at radius 2 is 2.00 bits per heavy atom. The summed E-state index contributed by atoms with van der Waals surface area (Å²) >= 11 is 6.69. The average Bonchev–Trinajstić information content (AvgIpc) is 3.31. The fraction of sp³-hybridized carbons (Fsp3) is 0.375. The molecule has 3 heterocycles. The van der Waals surface area contributed by atoms with E-state index in [4.69, 9.17) is 25.8 Å². The van der Waals surface area contributed by atoms with E-state index in [0.29, 0.717) is 35.2 Å². The molecule has 3 aromatic rings. The summed E-state index contributed by atoms with van der Waals surface area (Å²) in [7, 11) is 3.27. The van der Waals surface area contributed by atoms with Gasteiger partial charge in [0.2, 0.25) is 0 Å². The number of halogens is 1. The Balaban J connectivity index is 1.59. The predicted octanol–water partition coefficient (Wildman–Crippen LogP) is 6.74. The van der Waals surface area contributed by atoms with E-state index < -0.39 is 12.1 Å². The molecule has 1 unspecified atom stereocenters. The minimum atomic E-state index is -0.897. The Morgan fingerprint density at radius 1 is 1.17 bits per heavy atom. The minimum Gasteiger partial charge on any atom is -0.493 e. The SMILES string of the molecule is CCc1cc(Cl)cc2c1-n1cccc1[C@@H](CCN1C=C(CC(=O)O)N=CCC1C)O[C@@H]2c1cccc(OC)c1OC. The molecule has 8 nitrogen and oxygen atoms in total. The Kier molecular flexibility index (Phi) is 8.71. The number of aromatic nitrogens is 1. The van der Waals surface area contributed by atoms with Crippen molar-refractivity contribution in [3.63, 3.8) is 0 Å². The van der Waals surface area contributed by atoms with Gasteiger partial charge in [-0.2, -0.15) is 0 Å². The van der Waals surface area contributed by atoms with Gasteiger partial charge in [-0.05, 0) is 55.7 Å². The van der Waals surface area contributed by atoms with E-state index in [1.165, 1.54) is 0 Å². The van der Waals surface area contributed by atoms with Crippen molar-refractivity contribution < 1.29 is 24.1 Å². The summed E-state index contributed by atoms with van der Waals surface area (Å²) in [6.45, 7) is 4.91. The number of methoxy groups -OCH3 is 2. The number of para-hydroxylation sites is 1. The lowest BCUT2D eigenvalue weighted by Gasteiger charge is -2.30. The maximum absolute atomic E-state index is 11.4. The molecular weight excluding hydrogens is 542 g/mol. The smallest absolute Gasteiger partial charge is 0.309 e. The van der Waals surface area contributed by atoms with Crippen LogP contribution in [0.25, 0.3) is 5.69 Å². The lowest BCUT2D eigenvalue weighted by atomic mass is 9.95. The highest BCUT2D eigenvalue weighted by Gasteiger charge is 2.34. The largest absolute Gasteiger partial charge is 0.493 e. The number of aliphatic carboxylic acids is 1. The summed E-state index contributed by atoms with van der Waals surface area (Å²) in [6.07, 6.45) is 7.09. The molecule has 2 aromatic carbocycles. The Morgan fingerprint density at radius 3 is 2.73 bits per heavy atom. The molecule has 5 rings (SSSR count). The molecule has 0 amide bonds. The van der Waals surface area contributed by atoms with Crippen molar-refractivity contribution in [2.75, 3.05) is 20.8 Å². The topological polar surface area (TPSA) is 85.5 Å². The van der Waals surface area contributed by atoms with Crippen molar-refractivity contribution in [3.05, 3.63) is 88.0 Å². The molecule has 0 fully saturated rings. The van der Waals surface area contributed by atoms with Crippen LogP contribution in [0.4, 0.5) is 0 Å². The molecule has 2 aliphatic heterocycles. The van der Waals surface area contributed by atoms with Crippen molar-refractivity contribution >= 4 is 23.8 Å². The number of aliphatic imine (C=N–C) groups is 1. The lowest BCUT2D eigenvalue weighted by molar-refractivity contribution is -0.136. The van der Waals surface area contributed by atoms with Gasteiger partial charge >= 0.3 is 5.97 Å². The van der Waals surface area contributed by atoms with Gasteiger partial charge in [0.1, 0.15) is 12.2 Å². The molecular formula is C32H36ClN3O5. The molecule has 1 aromatic heterocycles. The summed E-state index contributed by atoms with van der Waals surface area (Å²) in [5.74, 6) is 0.350. The van der Waals surface area contributed by atoms with Gasteiger partial charge in [-0.15, -0.1) is 0 Å². The van der Waals surface area contributed by atoms with Crippen molar-refractivity contribution in [2.24, 2.45) is 4.99 Å². The molecule has 41 heavy (non-hydrogen) atoms. The summed E-state index contributed by atoms with van der Waals surface area (Å²) in [5.41, 5.74) is 5.59. The number of hydrogen-bond acceptors (Lipinski definition) is 6. The van der Waals surface area contributed by atoms with Crippen LogP contribution < -0.4 is 9.47 Å². The number of carbonyl (C=O) groups is 1. The monoisotopic (exact) mass is 577 g/mol. The maximum Gasteiger partial charge on any atom is 0.309 e. The number of benzene rings is 2. The number of carboxylic acid groups (broad SMARTS) is 1. The zero-order valence-electron chi connectivity index (χ0n) is 23.8. The lowest BCUT2D eigenvalue weighted by Crippen LogP contribution is -2.30. The first-order chi connectivity index (χ1) is 19.8. The number of ether oxygens (including phenoxy) is 3. The van der Waals surface area contributed by atoms with Crippen LogP contribution in [0.5, 0.6) is 11.5 Å². The van der Waals surface area contributed by atoms with E-state index in [0.717, 1.165) is 40.9 Å². The van der Waals surface area contributed by atoms with Crippen LogP contribution in [0.2, 0.25) is 5.02 Å². The number of carboxylic acids is 1. The van der Waals surface area contributed by atoms with Crippen molar-refractivity contribution in [3.8, 4) is 17.2 Å². The van der Waals surface area contributed by atoms with Gasteiger partial charge in [0.25, 0.3) is 0 Å². The van der Waals surface area contributed by atoms with Gasteiger partial charge in [0.05, 0.1) is 37.7 Å². The van der Waals surface area contributed by atoms with Gasteiger partial charge in [-0.3, -0.25) is 9.79 Å². The van der Waals surface area contributed by atoms with Crippen LogP contribution in [0.1, 0.15) is 67.7 Å². The Hall–Kier alpha value is -3.75. The van der Waals surface area contributed by atoms with Crippen LogP contribution in [0, 0.1) is 0 Å². The van der Waals surface area contributed by atoms with E-state index in [-0.39, 0.29) is 18.6 Å². The molecule has 0 radical (unpaired) electrons. The zero-order valence-corrected chi connectivity index (χ0v) is 24.6. The Labute approximate surface area is 245 Å². The second kappa shape index (κ2) is 12.4. The summed E-state index contributed by atoms with van der Waals surface area (Å²) in [5, 5.41) is 9.99. The first kappa shape index (κ1) is 28.8. The van der Waals surface area contributed by atoms with E-state index in [2.05, 4.69) is 40.6 Å². The third-order valence-corrected chi connectivity index (χ3v) is 8.00. The minimum absolute atomic E-state index is 0.115. The molecule has 216 valence electrons. The second-order valence-electron chi connectivity index (χ2n) is 10.4. The van der Waals surface area contributed by atoms with E-state index in [9.17, 15) is 9.90 Å². The third-order valence-electron chi connectivity index (χ3n) is 7.78. The van der Waals surface area contributed by atoms with Gasteiger partial charge in [0.15, 0.2) is 11.5 Å². The van der Waals surface area contributed by atoms with Gasteiger partial charge < -0.3 is 28.8 Å². The molecule has 0 bridgehead atoms. The van der Waals surface area contributed by atoms with E-state index >= 15 is 0 Å². The number of hydrogen-bond donors (Lipinski definition) is 1. The highest BCUT2D eigenvalue weighted by atomic mass is 35.5. The highest BCUT2D eigenvalue weighted by molar-refractivity contribution is 6.30.